The standard InChI is InChI=1S/C18H30N2O3/c21-18(20-10-12-23-17-8-4-2-6-15(17)20)13-19-9-11-22-16-7-3-1-5-14(16)19/h14-17H,1-13H2/t14-,15+,16+,17+/m0/s1. The van der Waals surface area contributed by atoms with Crippen LogP contribution in [0.5, 0.6) is 0 Å². The number of fused-ring (bicyclic) bond motifs is 2. The van der Waals surface area contributed by atoms with Crippen molar-refractivity contribution in [2.45, 2.75) is 75.7 Å². The number of carbonyl (C=O) groups excluding carboxylic acids is 1. The number of nitrogens with zero attached hydrogens (tertiary/aromatic N) is 2. The van der Waals surface area contributed by atoms with Crippen molar-refractivity contribution < 1.29 is 14.3 Å². The van der Waals surface area contributed by atoms with Gasteiger partial charge in [-0.15, -0.1) is 0 Å². The van der Waals surface area contributed by atoms with Crippen molar-refractivity contribution in [1.29, 1.82) is 0 Å². The summed E-state index contributed by atoms with van der Waals surface area (Å²) in [6.45, 7) is 3.75. The molecule has 4 rings (SSSR count). The van der Waals surface area contributed by atoms with Gasteiger partial charge in [-0.3, -0.25) is 9.69 Å². The highest BCUT2D eigenvalue weighted by atomic mass is 16.5. The monoisotopic (exact) mass is 322 g/mol. The molecule has 2 saturated heterocycles. The summed E-state index contributed by atoms with van der Waals surface area (Å²) in [5.74, 6) is 0.316. The van der Waals surface area contributed by atoms with Crippen molar-refractivity contribution in [3.63, 3.8) is 0 Å². The van der Waals surface area contributed by atoms with E-state index in [2.05, 4.69) is 9.80 Å². The Bertz CT molecular complexity index is 426. The van der Waals surface area contributed by atoms with Gasteiger partial charge in [0.05, 0.1) is 38.0 Å². The maximum Gasteiger partial charge on any atom is 0.237 e. The lowest BCUT2D eigenvalue weighted by Crippen LogP contribution is -2.59. The van der Waals surface area contributed by atoms with Crippen LogP contribution in [0.15, 0.2) is 0 Å². The Morgan fingerprint density at radius 2 is 1.43 bits per heavy atom. The van der Waals surface area contributed by atoms with E-state index in [1.807, 2.05) is 0 Å². The zero-order valence-corrected chi connectivity index (χ0v) is 14.1. The summed E-state index contributed by atoms with van der Waals surface area (Å²) in [4.78, 5) is 17.5. The summed E-state index contributed by atoms with van der Waals surface area (Å²) in [5.41, 5.74) is 0. The van der Waals surface area contributed by atoms with Crippen molar-refractivity contribution in [2.24, 2.45) is 0 Å². The smallest absolute Gasteiger partial charge is 0.237 e. The van der Waals surface area contributed by atoms with Gasteiger partial charge in [0.25, 0.3) is 0 Å². The molecule has 0 spiro atoms. The summed E-state index contributed by atoms with van der Waals surface area (Å²) < 4.78 is 11.8. The zero-order chi connectivity index (χ0) is 15.6. The van der Waals surface area contributed by atoms with Crippen LogP contribution >= 0.6 is 0 Å². The largest absolute Gasteiger partial charge is 0.375 e. The molecule has 130 valence electrons. The van der Waals surface area contributed by atoms with E-state index in [-0.39, 0.29) is 6.10 Å². The van der Waals surface area contributed by atoms with Gasteiger partial charge >= 0.3 is 0 Å². The number of amides is 1. The number of hydrogen-bond acceptors (Lipinski definition) is 4. The van der Waals surface area contributed by atoms with Crippen LogP contribution in [0.3, 0.4) is 0 Å². The van der Waals surface area contributed by atoms with Crippen LogP contribution in [0, 0.1) is 0 Å². The second-order valence-corrected chi connectivity index (χ2v) is 7.58. The Kier molecular flexibility index (Phi) is 4.88. The molecule has 0 aromatic heterocycles. The van der Waals surface area contributed by atoms with Crippen LogP contribution in [-0.2, 0) is 14.3 Å². The fourth-order valence-electron chi connectivity index (χ4n) is 5.04. The summed E-state index contributed by atoms with van der Waals surface area (Å²) in [6.07, 6.45) is 10.3. The number of ether oxygens (including phenoxy) is 2. The SMILES string of the molecule is O=C(CN1CCO[C@@H]2CCCC[C@@H]21)N1CCO[C@@H]2CCCC[C@H]21. The van der Waals surface area contributed by atoms with Gasteiger partial charge in [-0.25, -0.2) is 0 Å². The molecule has 5 nitrogen and oxygen atoms in total. The van der Waals surface area contributed by atoms with Gasteiger partial charge in [0.1, 0.15) is 0 Å². The van der Waals surface area contributed by atoms with E-state index in [4.69, 9.17) is 9.47 Å². The van der Waals surface area contributed by atoms with Crippen molar-refractivity contribution >= 4 is 5.91 Å². The predicted molar refractivity (Wildman–Crippen MR) is 87.3 cm³/mol. The van der Waals surface area contributed by atoms with Gasteiger partial charge < -0.3 is 14.4 Å². The molecule has 4 atom stereocenters. The number of carbonyl (C=O) groups is 1. The van der Waals surface area contributed by atoms with Crippen LogP contribution in [0.25, 0.3) is 0 Å². The van der Waals surface area contributed by atoms with Crippen molar-refractivity contribution in [2.75, 3.05) is 32.8 Å². The highest BCUT2D eigenvalue weighted by molar-refractivity contribution is 5.79. The van der Waals surface area contributed by atoms with Gasteiger partial charge in [0.15, 0.2) is 0 Å². The molecule has 0 bridgehead atoms. The molecule has 0 aromatic carbocycles. The normalized spacial score (nSPS) is 38.7. The van der Waals surface area contributed by atoms with Crippen LogP contribution in [0.1, 0.15) is 51.4 Å². The predicted octanol–water partition coefficient (Wildman–Crippen LogP) is 1.80. The van der Waals surface area contributed by atoms with Gasteiger partial charge in [0.2, 0.25) is 5.91 Å². The van der Waals surface area contributed by atoms with E-state index >= 15 is 0 Å². The number of morpholine rings is 2. The molecule has 2 saturated carbocycles. The highest BCUT2D eigenvalue weighted by Crippen LogP contribution is 2.30. The molecule has 1 amide bonds. The zero-order valence-electron chi connectivity index (χ0n) is 14.1. The third-order valence-electron chi connectivity index (χ3n) is 6.24. The molecule has 0 unspecified atom stereocenters. The summed E-state index contributed by atoms with van der Waals surface area (Å²) >= 11 is 0. The maximum atomic E-state index is 13.0. The van der Waals surface area contributed by atoms with Crippen LogP contribution in [0.2, 0.25) is 0 Å². The highest BCUT2D eigenvalue weighted by Gasteiger charge is 2.39. The van der Waals surface area contributed by atoms with E-state index < -0.39 is 0 Å². The van der Waals surface area contributed by atoms with Gasteiger partial charge in [0, 0.05) is 19.1 Å². The molecule has 5 heteroatoms. The Hall–Kier alpha value is -0.650. The Morgan fingerprint density at radius 1 is 0.826 bits per heavy atom. The maximum absolute atomic E-state index is 13.0. The Balaban J connectivity index is 1.40. The molecular formula is C18H30N2O3. The third-order valence-corrected chi connectivity index (χ3v) is 6.24. The minimum atomic E-state index is 0.286. The van der Waals surface area contributed by atoms with E-state index in [1.165, 1.54) is 32.1 Å². The molecule has 0 N–H and O–H groups in total. The first-order valence-electron chi connectivity index (χ1n) is 9.59. The minimum absolute atomic E-state index is 0.286. The lowest BCUT2D eigenvalue weighted by atomic mass is 9.89. The summed E-state index contributed by atoms with van der Waals surface area (Å²) in [6, 6.07) is 0.790. The van der Waals surface area contributed by atoms with Crippen molar-refractivity contribution in [3.05, 3.63) is 0 Å². The lowest BCUT2D eigenvalue weighted by molar-refractivity contribution is -0.155. The average Bonchev–Trinajstić information content (AvgIpc) is 2.61. The summed E-state index contributed by atoms with van der Waals surface area (Å²) in [7, 11) is 0. The van der Waals surface area contributed by atoms with Gasteiger partial charge in [-0.1, -0.05) is 25.7 Å². The fourth-order valence-corrected chi connectivity index (χ4v) is 5.04. The molecule has 0 radical (unpaired) electrons. The summed E-state index contributed by atoms with van der Waals surface area (Å²) in [5, 5.41) is 0. The lowest BCUT2D eigenvalue weighted by Gasteiger charge is -2.47. The molecular weight excluding hydrogens is 292 g/mol. The Labute approximate surface area is 139 Å². The Morgan fingerprint density at radius 3 is 2.22 bits per heavy atom. The topological polar surface area (TPSA) is 42.0 Å². The molecule has 0 aromatic rings. The molecule has 2 aliphatic carbocycles. The first-order valence-corrected chi connectivity index (χ1v) is 9.59. The number of hydrogen-bond donors (Lipinski definition) is 0. The van der Waals surface area contributed by atoms with E-state index in [0.717, 1.165) is 39.0 Å². The minimum Gasteiger partial charge on any atom is -0.375 e. The van der Waals surface area contributed by atoms with E-state index in [0.29, 0.717) is 37.2 Å². The second kappa shape index (κ2) is 7.08. The number of rotatable bonds is 2. The van der Waals surface area contributed by atoms with Crippen LogP contribution in [0.4, 0.5) is 0 Å². The van der Waals surface area contributed by atoms with Crippen LogP contribution < -0.4 is 0 Å². The van der Waals surface area contributed by atoms with E-state index in [9.17, 15) is 4.79 Å². The van der Waals surface area contributed by atoms with Gasteiger partial charge in [-0.2, -0.15) is 0 Å². The van der Waals surface area contributed by atoms with Crippen molar-refractivity contribution in [1.82, 2.24) is 9.80 Å². The van der Waals surface area contributed by atoms with Crippen molar-refractivity contribution in [3.8, 4) is 0 Å². The first kappa shape index (κ1) is 15.9. The van der Waals surface area contributed by atoms with E-state index in [1.54, 1.807) is 0 Å². The fraction of sp³-hybridized carbons (Fsp3) is 0.944. The second-order valence-electron chi connectivity index (χ2n) is 7.58. The molecule has 2 aliphatic heterocycles. The van der Waals surface area contributed by atoms with Crippen LogP contribution in [-0.4, -0.2) is 72.8 Å². The average molecular weight is 322 g/mol. The van der Waals surface area contributed by atoms with Gasteiger partial charge in [-0.05, 0) is 25.7 Å². The molecule has 4 fully saturated rings. The molecule has 4 aliphatic rings. The third kappa shape index (κ3) is 3.28. The molecule has 23 heavy (non-hydrogen) atoms. The first-order chi connectivity index (χ1) is 11.3. The quantitative estimate of drug-likeness (QED) is 0.777. The molecule has 2 heterocycles.